The van der Waals surface area contributed by atoms with Gasteiger partial charge in [0.1, 0.15) is 5.82 Å². The highest BCUT2D eigenvalue weighted by Gasteiger charge is 2.16. The lowest BCUT2D eigenvalue weighted by Crippen LogP contribution is -2.22. The molecule has 1 heterocycles. The monoisotopic (exact) mass is 341 g/mol. The first-order valence-electron chi connectivity index (χ1n) is 7.18. The van der Waals surface area contributed by atoms with Crippen LogP contribution in [0.25, 0.3) is 11.1 Å². The number of benzene rings is 2. The maximum Gasteiger partial charge on any atom is 0.349 e. The van der Waals surface area contributed by atoms with E-state index in [2.05, 4.69) is 9.71 Å². The molecular formula is C17H15N3O3S. The van der Waals surface area contributed by atoms with Crippen molar-refractivity contribution in [3.8, 4) is 11.1 Å². The lowest BCUT2D eigenvalue weighted by Gasteiger charge is -2.09. The van der Waals surface area contributed by atoms with Gasteiger partial charge in [-0.2, -0.15) is 4.98 Å². The van der Waals surface area contributed by atoms with Crippen LogP contribution >= 0.6 is 0 Å². The summed E-state index contributed by atoms with van der Waals surface area (Å²) >= 11 is 0. The minimum absolute atomic E-state index is 0.0109. The van der Waals surface area contributed by atoms with E-state index in [0.29, 0.717) is 0 Å². The molecule has 0 amide bonds. The maximum atomic E-state index is 12.5. The molecule has 0 aliphatic heterocycles. The number of nitrogens with zero attached hydrogens (tertiary/aromatic N) is 2. The second-order valence-corrected chi connectivity index (χ2v) is 6.89. The van der Waals surface area contributed by atoms with Crippen LogP contribution in [0.2, 0.25) is 0 Å². The summed E-state index contributed by atoms with van der Waals surface area (Å²) < 4.78 is 28.6. The van der Waals surface area contributed by atoms with Crippen molar-refractivity contribution in [2.24, 2.45) is 7.05 Å². The van der Waals surface area contributed by atoms with Gasteiger partial charge in [0.15, 0.2) is 0 Å². The van der Waals surface area contributed by atoms with Crippen molar-refractivity contribution < 1.29 is 8.42 Å². The average Bonchev–Trinajstić information content (AvgIpc) is 2.59. The number of sulfonamides is 1. The molecule has 0 spiro atoms. The molecule has 6 nitrogen and oxygen atoms in total. The second-order valence-electron chi connectivity index (χ2n) is 5.21. The Morgan fingerprint density at radius 1 is 0.958 bits per heavy atom. The van der Waals surface area contributed by atoms with E-state index >= 15 is 0 Å². The van der Waals surface area contributed by atoms with E-state index in [1.54, 1.807) is 12.1 Å². The van der Waals surface area contributed by atoms with Crippen LogP contribution in [0.3, 0.4) is 0 Å². The molecule has 0 bridgehead atoms. The van der Waals surface area contributed by atoms with Gasteiger partial charge in [0.25, 0.3) is 10.0 Å². The Morgan fingerprint density at radius 2 is 1.67 bits per heavy atom. The van der Waals surface area contributed by atoms with E-state index in [-0.39, 0.29) is 10.7 Å². The van der Waals surface area contributed by atoms with Crippen LogP contribution in [-0.2, 0) is 17.1 Å². The van der Waals surface area contributed by atoms with Crippen molar-refractivity contribution in [2.75, 3.05) is 4.72 Å². The summed E-state index contributed by atoms with van der Waals surface area (Å²) in [4.78, 5) is 15.3. The third-order valence-corrected chi connectivity index (χ3v) is 4.82. The minimum Gasteiger partial charge on any atom is -0.302 e. The first-order valence-corrected chi connectivity index (χ1v) is 8.66. The Balaban J connectivity index is 1.95. The number of rotatable bonds is 4. The summed E-state index contributed by atoms with van der Waals surface area (Å²) in [6.07, 6.45) is 1.45. The summed E-state index contributed by atoms with van der Waals surface area (Å²) in [7, 11) is -2.30. The number of nitrogens with one attached hydrogen (secondary N) is 1. The summed E-state index contributed by atoms with van der Waals surface area (Å²) in [5, 5.41) is 0. The summed E-state index contributed by atoms with van der Waals surface area (Å²) in [6, 6.07) is 17.5. The van der Waals surface area contributed by atoms with Gasteiger partial charge in [-0.3, -0.25) is 4.72 Å². The Labute approximate surface area is 139 Å². The Kier molecular flexibility index (Phi) is 4.18. The Bertz CT molecular complexity index is 1030. The molecule has 3 rings (SSSR count). The Hall–Kier alpha value is -2.93. The molecule has 24 heavy (non-hydrogen) atoms. The first-order chi connectivity index (χ1) is 11.5. The van der Waals surface area contributed by atoms with E-state index in [0.717, 1.165) is 11.1 Å². The van der Waals surface area contributed by atoms with Gasteiger partial charge in [-0.15, -0.1) is 0 Å². The van der Waals surface area contributed by atoms with E-state index in [1.807, 2.05) is 36.4 Å². The van der Waals surface area contributed by atoms with Crippen LogP contribution in [0.1, 0.15) is 0 Å². The van der Waals surface area contributed by atoms with Crippen LogP contribution in [0.5, 0.6) is 0 Å². The predicted molar refractivity (Wildman–Crippen MR) is 92.2 cm³/mol. The van der Waals surface area contributed by atoms with Crippen molar-refractivity contribution in [1.82, 2.24) is 9.55 Å². The SMILES string of the molecule is Cn1ccc(NS(=O)(=O)c2cccc(-c3ccccc3)c2)nc1=O. The quantitative estimate of drug-likeness (QED) is 0.789. The third-order valence-electron chi connectivity index (χ3n) is 3.46. The van der Waals surface area contributed by atoms with Crippen molar-refractivity contribution in [1.29, 1.82) is 0 Å². The zero-order valence-electron chi connectivity index (χ0n) is 12.9. The molecule has 0 atom stereocenters. The van der Waals surface area contributed by atoms with E-state index in [9.17, 15) is 13.2 Å². The predicted octanol–water partition coefficient (Wildman–Crippen LogP) is 2.25. The van der Waals surface area contributed by atoms with Crippen LogP contribution in [0, 0.1) is 0 Å². The molecule has 0 saturated carbocycles. The van der Waals surface area contributed by atoms with Crippen molar-refractivity contribution >= 4 is 15.8 Å². The number of hydrogen-bond donors (Lipinski definition) is 1. The highest BCUT2D eigenvalue weighted by atomic mass is 32.2. The van der Waals surface area contributed by atoms with Gasteiger partial charge in [-0.1, -0.05) is 42.5 Å². The minimum atomic E-state index is -3.83. The summed E-state index contributed by atoms with van der Waals surface area (Å²) in [6.45, 7) is 0. The van der Waals surface area contributed by atoms with Gasteiger partial charge in [0.05, 0.1) is 4.90 Å². The molecule has 122 valence electrons. The number of aryl methyl sites for hydroxylation is 1. The largest absolute Gasteiger partial charge is 0.349 e. The topological polar surface area (TPSA) is 81.1 Å². The van der Waals surface area contributed by atoms with E-state index in [1.165, 1.54) is 29.9 Å². The van der Waals surface area contributed by atoms with Crippen LogP contribution in [-0.4, -0.2) is 18.0 Å². The zero-order valence-corrected chi connectivity index (χ0v) is 13.7. The fourth-order valence-electron chi connectivity index (χ4n) is 2.19. The van der Waals surface area contributed by atoms with Gasteiger partial charge in [0.2, 0.25) is 0 Å². The molecule has 1 N–H and O–H groups in total. The molecule has 7 heteroatoms. The van der Waals surface area contributed by atoms with Crippen LogP contribution < -0.4 is 10.4 Å². The lowest BCUT2D eigenvalue weighted by atomic mass is 10.1. The third kappa shape index (κ3) is 3.36. The first kappa shape index (κ1) is 15.9. The highest BCUT2D eigenvalue weighted by Crippen LogP contribution is 2.23. The normalized spacial score (nSPS) is 11.2. The molecule has 0 aliphatic carbocycles. The smallest absolute Gasteiger partial charge is 0.302 e. The van der Waals surface area contributed by atoms with Gasteiger partial charge in [-0.05, 0) is 29.3 Å². The van der Waals surface area contributed by atoms with Crippen molar-refractivity contribution in [2.45, 2.75) is 4.90 Å². The zero-order chi connectivity index (χ0) is 17.2. The van der Waals surface area contributed by atoms with E-state index < -0.39 is 15.7 Å². The van der Waals surface area contributed by atoms with Gasteiger partial charge >= 0.3 is 5.69 Å². The Morgan fingerprint density at radius 3 is 2.38 bits per heavy atom. The number of aromatic nitrogens is 2. The fourth-order valence-corrected chi connectivity index (χ4v) is 3.24. The second kappa shape index (κ2) is 6.29. The molecule has 0 fully saturated rings. The summed E-state index contributed by atoms with van der Waals surface area (Å²) in [5.41, 5.74) is 1.17. The molecular weight excluding hydrogens is 326 g/mol. The number of anilines is 1. The van der Waals surface area contributed by atoms with Crippen LogP contribution in [0.15, 0.2) is 76.6 Å². The van der Waals surface area contributed by atoms with Gasteiger partial charge in [0, 0.05) is 13.2 Å². The standard InChI is InChI=1S/C17H15N3O3S/c1-20-11-10-16(18-17(20)21)19-24(22,23)15-9-5-8-14(12-15)13-6-3-2-4-7-13/h2-12H,1H3,(H,18,19,21). The molecule has 2 aromatic carbocycles. The highest BCUT2D eigenvalue weighted by molar-refractivity contribution is 7.92. The molecule has 3 aromatic rings. The average molecular weight is 341 g/mol. The molecule has 0 saturated heterocycles. The molecule has 0 unspecified atom stereocenters. The molecule has 1 aromatic heterocycles. The maximum absolute atomic E-state index is 12.5. The lowest BCUT2D eigenvalue weighted by molar-refractivity contribution is 0.601. The van der Waals surface area contributed by atoms with Gasteiger partial charge < -0.3 is 4.57 Å². The van der Waals surface area contributed by atoms with E-state index in [4.69, 9.17) is 0 Å². The van der Waals surface area contributed by atoms with Crippen molar-refractivity contribution in [3.05, 3.63) is 77.3 Å². The molecule has 0 radical (unpaired) electrons. The number of hydrogen-bond acceptors (Lipinski definition) is 4. The van der Waals surface area contributed by atoms with Gasteiger partial charge in [-0.25, -0.2) is 13.2 Å². The van der Waals surface area contributed by atoms with Crippen LogP contribution in [0.4, 0.5) is 5.82 Å². The van der Waals surface area contributed by atoms with Crippen molar-refractivity contribution in [3.63, 3.8) is 0 Å². The molecule has 0 aliphatic rings. The fraction of sp³-hybridized carbons (Fsp3) is 0.0588. The summed E-state index contributed by atoms with van der Waals surface area (Å²) in [5.74, 6) is -0.0109.